The zero-order chi connectivity index (χ0) is 15.4. The van der Waals surface area contributed by atoms with Crippen LogP contribution in [0.5, 0.6) is 0 Å². The minimum absolute atomic E-state index is 0.241. The highest BCUT2D eigenvalue weighted by Crippen LogP contribution is 2.27. The molecule has 1 amide bonds. The Bertz CT molecular complexity index is 654. The molecule has 0 bridgehead atoms. The monoisotopic (exact) mass is 291 g/mol. The van der Waals surface area contributed by atoms with Crippen molar-refractivity contribution in [3.63, 3.8) is 0 Å². The zero-order valence-electron chi connectivity index (χ0n) is 11.4. The molecule has 4 N–H and O–H groups in total. The number of halogens is 2. The second-order valence-corrected chi connectivity index (χ2v) is 4.39. The zero-order valence-corrected chi connectivity index (χ0v) is 11.4. The molecule has 0 fully saturated rings. The smallest absolute Gasteiger partial charge is 0.253 e. The van der Waals surface area contributed by atoms with Crippen LogP contribution in [0.1, 0.15) is 17.3 Å². The van der Waals surface area contributed by atoms with Gasteiger partial charge >= 0.3 is 0 Å². The van der Waals surface area contributed by atoms with E-state index in [2.05, 4.69) is 10.6 Å². The van der Waals surface area contributed by atoms with Gasteiger partial charge in [-0.2, -0.15) is 0 Å². The van der Waals surface area contributed by atoms with Gasteiger partial charge in [0, 0.05) is 12.2 Å². The van der Waals surface area contributed by atoms with E-state index in [-0.39, 0.29) is 22.8 Å². The minimum Gasteiger partial charge on any atom is -0.399 e. The van der Waals surface area contributed by atoms with E-state index in [4.69, 9.17) is 5.73 Å². The van der Waals surface area contributed by atoms with Crippen LogP contribution in [0.25, 0.3) is 0 Å². The third-order valence-corrected chi connectivity index (χ3v) is 2.85. The van der Waals surface area contributed by atoms with Crippen molar-refractivity contribution < 1.29 is 13.6 Å². The van der Waals surface area contributed by atoms with Gasteiger partial charge in [-0.1, -0.05) is 6.07 Å². The molecule has 0 heterocycles. The van der Waals surface area contributed by atoms with Gasteiger partial charge in [-0.3, -0.25) is 4.79 Å². The van der Waals surface area contributed by atoms with E-state index >= 15 is 0 Å². The van der Waals surface area contributed by atoms with Gasteiger partial charge in [0.15, 0.2) is 0 Å². The number of nitrogen functional groups attached to an aromatic ring is 1. The Morgan fingerprint density at radius 1 is 1.19 bits per heavy atom. The van der Waals surface area contributed by atoms with Gasteiger partial charge in [-0.05, 0) is 37.3 Å². The highest BCUT2D eigenvalue weighted by Gasteiger charge is 2.15. The largest absolute Gasteiger partial charge is 0.399 e. The number of carbonyl (C=O) groups is 1. The third-order valence-electron chi connectivity index (χ3n) is 2.85. The van der Waals surface area contributed by atoms with Crippen LogP contribution in [0.2, 0.25) is 0 Å². The van der Waals surface area contributed by atoms with Crippen molar-refractivity contribution in [3.8, 4) is 0 Å². The van der Waals surface area contributed by atoms with Crippen LogP contribution in [0.3, 0.4) is 0 Å². The molecule has 4 nitrogen and oxygen atoms in total. The second kappa shape index (κ2) is 6.21. The van der Waals surface area contributed by atoms with Crippen LogP contribution in [-0.2, 0) is 0 Å². The number of amides is 1. The minimum atomic E-state index is -0.751. The molecule has 0 atom stereocenters. The van der Waals surface area contributed by atoms with Gasteiger partial charge in [0.2, 0.25) is 0 Å². The summed E-state index contributed by atoms with van der Waals surface area (Å²) in [6.07, 6.45) is 0. The normalized spacial score (nSPS) is 10.2. The highest BCUT2D eigenvalue weighted by molar-refractivity contribution is 6.01. The first-order valence-corrected chi connectivity index (χ1v) is 6.41. The van der Waals surface area contributed by atoms with Gasteiger partial charge in [-0.25, -0.2) is 8.78 Å². The molecular formula is C15H15F2N3O. The fourth-order valence-electron chi connectivity index (χ4n) is 1.87. The van der Waals surface area contributed by atoms with Crippen molar-refractivity contribution in [1.29, 1.82) is 0 Å². The maximum atomic E-state index is 13.7. The van der Waals surface area contributed by atoms with E-state index in [0.717, 1.165) is 12.1 Å². The molecular weight excluding hydrogens is 276 g/mol. The summed E-state index contributed by atoms with van der Waals surface area (Å²) < 4.78 is 27.4. The summed E-state index contributed by atoms with van der Waals surface area (Å²) in [6, 6.07) is 8.03. The Labute approximate surface area is 121 Å². The summed E-state index contributed by atoms with van der Waals surface area (Å²) in [7, 11) is 0. The Morgan fingerprint density at radius 2 is 1.86 bits per heavy atom. The van der Waals surface area contributed by atoms with Crippen molar-refractivity contribution >= 4 is 23.0 Å². The number of anilines is 3. The summed E-state index contributed by atoms with van der Waals surface area (Å²) in [5, 5.41) is 5.23. The number of rotatable bonds is 4. The van der Waals surface area contributed by atoms with Gasteiger partial charge < -0.3 is 16.4 Å². The summed E-state index contributed by atoms with van der Waals surface area (Å²) >= 11 is 0. The molecule has 0 spiro atoms. The van der Waals surface area contributed by atoms with E-state index in [0.29, 0.717) is 12.2 Å². The molecule has 2 aromatic rings. The van der Waals surface area contributed by atoms with Crippen LogP contribution in [-0.4, -0.2) is 12.5 Å². The third kappa shape index (κ3) is 3.28. The number of benzene rings is 2. The maximum absolute atomic E-state index is 13.7. The molecule has 2 rings (SSSR count). The molecule has 0 aromatic heterocycles. The highest BCUT2D eigenvalue weighted by atomic mass is 19.1. The Hall–Kier alpha value is -2.63. The predicted molar refractivity (Wildman–Crippen MR) is 78.5 cm³/mol. The van der Waals surface area contributed by atoms with Gasteiger partial charge in [-0.15, -0.1) is 0 Å². The Kier molecular flexibility index (Phi) is 4.37. The van der Waals surface area contributed by atoms with Crippen molar-refractivity contribution in [2.24, 2.45) is 0 Å². The first-order valence-electron chi connectivity index (χ1n) is 6.41. The maximum Gasteiger partial charge on any atom is 0.253 e. The molecule has 0 unspecified atom stereocenters. The predicted octanol–water partition coefficient (Wildman–Crippen LogP) is 3.04. The van der Waals surface area contributed by atoms with Gasteiger partial charge in [0.25, 0.3) is 5.91 Å². The summed E-state index contributed by atoms with van der Waals surface area (Å²) in [6.45, 7) is 2.22. The SMILES string of the molecule is CCNC(=O)c1ccc(N)cc1Nc1c(F)cccc1F. The van der Waals surface area contributed by atoms with Crippen LogP contribution in [0, 0.1) is 11.6 Å². The van der Waals surface area contributed by atoms with Gasteiger partial charge in [0.05, 0.1) is 11.3 Å². The molecule has 0 aliphatic heterocycles. The van der Waals surface area contributed by atoms with Crippen molar-refractivity contribution in [2.45, 2.75) is 6.92 Å². The van der Waals surface area contributed by atoms with Crippen LogP contribution >= 0.6 is 0 Å². The number of hydrogen-bond acceptors (Lipinski definition) is 3. The molecule has 110 valence electrons. The lowest BCUT2D eigenvalue weighted by Crippen LogP contribution is -2.23. The standard InChI is InChI=1S/C15H15F2N3O/c1-2-19-15(21)10-7-6-9(18)8-13(10)20-14-11(16)4-3-5-12(14)17/h3-8,20H,2,18H2,1H3,(H,19,21). The lowest BCUT2D eigenvalue weighted by atomic mass is 10.1. The topological polar surface area (TPSA) is 67.2 Å². The molecule has 0 aliphatic rings. The average Bonchev–Trinajstić information content (AvgIpc) is 2.43. The molecule has 0 radical (unpaired) electrons. The molecule has 0 saturated carbocycles. The fraction of sp³-hybridized carbons (Fsp3) is 0.133. The van der Waals surface area contributed by atoms with E-state index in [1.807, 2.05) is 0 Å². The van der Waals surface area contributed by atoms with Crippen molar-refractivity contribution in [2.75, 3.05) is 17.6 Å². The van der Waals surface area contributed by atoms with Gasteiger partial charge in [0.1, 0.15) is 17.3 Å². The fourth-order valence-corrected chi connectivity index (χ4v) is 1.87. The van der Waals surface area contributed by atoms with E-state index in [1.165, 1.54) is 18.2 Å². The summed E-state index contributed by atoms with van der Waals surface area (Å²) in [5.74, 6) is -1.85. The van der Waals surface area contributed by atoms with Crippen LogP contribution in [0.4, 0.5) is 25.8 Å². The summed E-state index contributed by atoms with van der Waals surface area (Å²) in [4.78, 5) is 12.0. The van der Waals surface area contributed by atoms with Crippen molar-refractivity contribution in [1.82, 2.24) is 5.32 Å². The molecule has 0 saturated heterocycles. The van der Waals surface area contributed by atoms with E-state index in [1.54, 1.807) is 13.0 Å². The first-order chi connectivity index (χ1) is 10.0. The van der Waals surface area contributed by atoms with E-state index in [9.17, 15) is 13.6 Å². The quantitative estimate of drug-likeness (QED) is 0.758. The van der Waals surface area contributed by atoms with Crippen LogP contribution < -0.4 is 16.4 Å². The molecule has 2 aromatic carbocycles. The average molecular weight is 291 g/mol. The lowest BCUT2D eigenvalue weighted by molar-refractivity contribution is 0.0956. The molecule has 21 heavy (non-hydrogen) atoms. The second-order valence-electron chi connectivity index (χ2n) is 4.39. The number of hydrogen-bond donors (Lipinski definition) is 3. The van der Waals surface area contributed by atoms with Crippen LogP contribution in [0.15, 0.2) is 36.4 Å². The van der Waals surface area contributed by atoms with Crippen molar-refractivity contribution in [3.05, 3.63) is 53.6 Å². The Balaban J connectivity index is 2.43. The lowest BCUT2D eigenvalue weighted by Gasteiger charge is -2.13. The summed E-state index contributed by atoms with van der Waals surface area (Å²) in [5.41, 5.74) is 6.22. The molecule has 6 heteroatoms. The molecule has 0 aliphatic carbocycles. The Morgan fingerprint density at radius 3 is 2.48 bits per heavy atom. The van der Waals surface area contributed by atoms with E-state index < -0.39 is 11.6 Å². The number of carbonyl (C=O) groups excluding carboxylic acids is 1. The number of nitrogens with two attached hydrogens (primary N) is 1. The number of nitrogens with one attached hydrogen (secondary N) is 2. The number of para-hydroxylation sites is 1. The first kappa shape index (κ1) is 14.8.